The van der Waals surface area contributed by atoms with Crippen molar-refractivity contribution in [2.75, 3.05) is 6.54 Å². The second kappa shape index (κ2) is 7.10. The molecule has 2 aromatic rings. The van der Waals surface area contributed by atoms with E-state index in [-0.39, 0.29) is 5.91 Å². The van der Waals surface area contributed by atoms with E-state index >= 15 is 0 Å². The van der Waals surface area contributed by atoms with Crippen molar-refractivity contribution in [1.29, 1.82) is 0 Å². The van der Waals surface area contributed by atoms with Gasteiger partial charge in [-0.15, -0.1) is 0 Å². The van der Waals surface area contributed by atoms with Crippen LogP contribution in [-0.2, 0) is 14.1 Å². The number of hydrogen-bond acceptors (Lipinski definition) is 4. The SMILES string of the molecule is CC(=O)NCC(=Cc1ccc2cccnc2c1C)B1OC(C)(C)C(C)(C)O1. The number of rotatable bonds is 4. The number of nitrogens with one attached hydrogen (secondary N) is 1. The quantitative estimate of drug-likeness (QED) is 0.839. The third kappa shape index (κ3) is 3.92. The monoisotopic (exact) mass is 366 g/mol. The zero-order valence-corrected chi connectivity index (χ0v) is 16.9. The van der Waals surface area contributed by atoms with Crippen molar-refractivity contribution < 1.29 is 14.1 Å². The fourth-order valence-electron chi connectivity index (χ4n) is 3.09. The summed E-state index contributed by atoms with van der Waals surface area (Å²) in [5, 5.41) is 3.97. The lowest BCUT2D eigenvalue weighted by molar-refractivity contribution is -0.118. The Morgan fingerprint density at radius 1 is 1.19 bits per heavy atom. The summed E-state index contributed by atoms with van der Waals surface area (Å²) < 4.78 is 12.4. The molecule has 27 heavy (non-hydrogen) atoms. The molecular weight excluding hydrogens is 339 g/mol. The number of carbonyl (C=O) groups excluding carboxylic acids is 1. The average molecular weight is 366 g/mol. The summed E-state index contributed by atoms with van der Waals surface area (Å²) in [5.41, 5.74) is 3.10. The molecule has 1 aliphatic heterocycles. The van der Waals surface area contributed by atoms with E-state index < -0.39 is 18.3 Å². The predicted molar refractivity (Wildman–Crippen MR) is 109 cm³/mol. The Balaban J connectivity index is 2.01. The van der Waals surface area contributed by atoms with Crippen molar-refractivity contribution in [2.45, 2.75) is 52.7 Å². The second-order valence-corrected chi connectivity index (χ2v) is 8.07. The summed E-state index contributed by atoms with van der Waals surface area (Å²) in [6.07, 6.45) is 3.84. The molecule has 1 saturated heterocycles. The molecule has 0 spiro atoms. The number of amides is 1. The number of nitrogens with zero attached hydrogens (tertiary/aromatic N) is 1. The van der Waals surface area contributed by atoms with E-state index in [0.29, 0.717) is 6.54 Å². The molecular formula is C21H27BN2O3. The van der Waals surface area contributed by atoms with E-state index in [0.717, 1.165) is 27.5 Å². The van der Waals surface area contributed by atoms with Crippen LogP contribution >= 0.6 is 0 Å². The minimum Gasteiger partial charge on any atom is -0.400 e. The number of aryl methyl sites for hydroxylation is 1. The van der Waals surface area contributed by atoms with Crippen LogP contribution in [0.1, 0.15) is 45.7 Å². The van der Waals surface area contributed by atoms with Crippen molar-refractivity contribution >= 4 is 30.0 Å². The zero-order chi connectivity index (χ0) is 19.8. The van der Waals surface area contributed by atoms with E-state index in [2.05, 4.69) is 35.4 Å². The fraction of sp³-hybridized carbons (Fsp3) is 0.429. The van der Waals surface area contributed by atoms with Gasteiger partial charge in [-0.3, -0.25) is 9.78 Å². The molecule has 142 valence electrons. The van der Waals surface area contributed by atoms with E-state index in [9.17, 15) is 4.79 Å². The molecule has 1 N–H and O–H groups in total. The molecule has 0 atom stereocenters. The molecule has 0 saturated carbocycles. The van der Waals surface area contributed by atoms with Gasteiger partial charge in [0.15, 0.2) is 0 Å². The topological polar surface area (TPSA) is 60.5 Å². The molecule has 1 amide bonds. The van der Waals surface area contributed by atoms with E-state index in [4.69, 9.17) is 9.31 Å². The highest BCUT2D eigenvalue weighted by atomic mass is 16.7. The van der Waals surface area contributed by atoms with Gasteiger partial charge in [-0.1, -0.05) is 24.3 Å². The maximum absolute atomic E-state index is 11.5. The minimum atomic E-state index is -0.513. The molecule has 6 heteroatoms. The van der Waals surface area contributed by atoms with Crippen molar-refractivity contribution in [2.24, 2.45) is 0 Å². The number of pyridine rings is 1. The van der Waals surface area contributed by atoms with Gasteiger partial charge in [0.1, 0.15) is 0 Å². The Bertz CT molecular complexity index is 889. The molecule has 1 fully saturated rings. The first-order valence-electron chi connectivity index (χ1n) is 9.25. The maximum atomic E-state index is 11.5. The highest BCUT2D eigenvalue weighted by molar-refractivity contribution is 6.56. The lowest BCUT2D eigenvalue weighted by atomic mass is 9.76. The van der Waals surface area contributed by atoms with Crippen LogP contribution in [0.3, 0.4) is 0 Å². The number of hydrogen-bond donors (Lipinski definition) is 1. The van der Waals surface area contributed by atoms with Gasteiger partial charge in [0, 0.05) is 25.1 Å². The molecule has 0 unspecified atom stereocenters. The zero-order valence-electron chi connectivity index (χ0n) is 16.9. The summed E-state index contributed by atoms with van der Waals surface area (Å²) in [4.78, 5) is 16.0. The molecule has 1 aromatic carbocycles. The Hall–Kier alpha value is -2.18. The van der Waals surface area contributed by atoms with Gasteiger partial charge < -0.3 is 14.6 Å². The molecule has 0 bridgehead atoms. The van der Waals surface area contributed by atoms with Gasteiger partial charge in [-0.05, 0) is 57.3 Å². The molecule has 1 aromatic heterocycles. The van der Waals surface area contributed by atoms with Crippen LogP contribution in [0.25, 0.3) is 17.0 Å². The van der Waals surface area contributed by atoms with Gasteiger partial charge in [-0.2, -0.15) is 0 Å². The smallest absolute Gasteiger partial charge is 0.400 e. The summed E-state index contributed by atoms with van der Waals surface area (Å²) in [5.74, 6) is -0.0886. The third-order valence-electron chi connectivity index (χ3n) is 5.51. The molecule has 2 heterocycles. The number of carbonyl (C=O) groups is 1. The molecule has 1 aliphatic rings. The van der Waals surface area contributed by atoms with Crippen LogP contribution < -0.4 is 5.32 Å². The largest absolute Gasteiger partial charge is 0.492 e. The van der Waals surface area contributed by atoms with Crippen molar-refractivity contribution in [1.82, 2.24) is 10.3 Å². The maximum Gasteiger partial charge on any atom is 0.492 e. The van der Waals surface area contributed by atoms with Gasteiger partial charge >= 0.3 is 7.12 Å². The molecule has 0 aliphatic carbocycles. The molecule has 5 nitrogen and oxygen atoms in total. The lowest BCUT2D eigenvalue weighted by Gasteiger charge is -2.32. The van der Waals surface area contributed by atoms with Gasteiger partial charge in [0.2, 0.25) is 5.91 Å². The van der Waals surface area contributed by atoms with Crippen molar-refractivity contribution in [3.05, 3.63) is 47.1 Å². The standard InChI is InChI=1S/C21H27BN2O3/c1-14-17(10-9-16-8-7-11-23-19(14)16)12-18(13-24-15(2)25)22-26-20(3,4)21(5,6)27-22/h7-12H,13H2,1-6H3,(H,24,25). The third-order valence-corrected chi connectivity index (χ3v) is 5.51. The second-order valence-electron chi connectivity index (χ2n) is 8.07. The van der Waals surface area contributed by atoms with E-state index in [1.54, 1.807) is 6.20 Å². The Morgan fingerprint density at radius 3 is 2.48 bits per heavy atom. The summed E-state index contributed by atoms with van der Waals surface area (Å²) in [6.45, 7) is 12.0. The van der Waals surface area contributed by atoms with E-state index in [1.165, 1.54) is 6.92 Å². The van der Waals surface area contributed by atoms with E-state index in [1.807, 2.05) is 39.8 Å². The Kier molecular flexibility index (Phi) is 5.15. The average Bonchev–Trinajstić information content (AvgIpc) is 2.81. The minimum absolute atomic E-state index is 0.0886. The first kappa shape index (κ1) is 19.6. The van der Waals surface area contributed by atoms with Crippen LogP contribution in [0.4, 0.5) is 0 Å². The number of fused-ring (bicyclic) bond motifs is 1. The van der Waals surface area contributed by atoms with Crippen LogP contribution in [0.2, 0.25) is 0 Å². The number of aromatic nitrogens is 1. The highest BCUT2D eigenvalue weighted by Gasteiger charge is 2.52. The Morgan fingerprint density at radius 2 is 1.85 bits per heavy atom. The predicted octanol–water partition coefficient (Wildman–Crippen LogP) is 3.69. The van der Waals surface area contributed by atoms with Crippen LogP contribution in [0.5, 0.6) is 0 Å². The molecule has 3 rings (SSSR count). The number of benzene rings is 1. The first-order valence-corrected chi connectivity index (χ1v) is 9.25. The normalized spacial score (nSPS) is 18.7. The summed E-state index contributed by atoms with van der Waals surface area (Å²) >= 11 is 0. The lowest BCUT2D eigenvalue weighted by Crippen LogP contribution is -2.41. The van der Waals surface area contributed by atoms with Crippen molar-refractivity contribution in [3.8, 4) is 0 Å². The highest BCUT2D eigenvalue weighted by Crippen LogP contribution is 2.39. The van der Waals surface area contributed by atoms with Gasteiger partial charge in [0.25, 0.3) is 0 Å². The summed E-state index contributed by atoms with van der Waals surface area (Å²) in [6, 6.07) is 8.11. The van der Waals surface area contributed by atoms with Crippen LogP contribution in [-0.4, -0.2) is 35.8 Å². The van der Waals surface area contributed by atoms with Crippen LogP contribution in [0.15, 0.2) is 35.9 Å². The Labute approximate surface area is 161 Å². The molecule has 0 radical (unpaired) electrons. The van der Waals surface area contributed by atoms with Crippen LogP contribution in [0, 0.1) is 6.92 Å². The first-order chi connectivity index (χ1) is 12.6. The van der Waals surface area contributed by atoms with Gasteiger partial charge in [0.05, 0.1) is 16.7 Å². The van der Waals surface area contributed by atoms with Gasteiger partial charge in [-0.25, -0.2) is 0 Å². The summed E-state index contributed by atoms with van der Waals surface area (Å²) in [7, 11) is -0.513. The fourth-order valence-corrected chi connectivity index (χ4v) is 3.09. The van der Waals surface area contributed by atoms with Crippen molar-refractivity contribution in [3.63, 3.8) is 0 Å².